The molecule has 2 atom stereocenters. The number of nitrogens with zero attached hydrogens (tertiary/aromatic N) is 1. The molecule has 0 aliphatic heterocycles. The van der Waals surface area contributed by atoms with E-state index in [1.54, 1.807) is 32.9 Å². The van der Waals surface area contributed by atoms with E-state index in [9.17, 15) is 17.7 Å². The number of alkyl halides is 3. The van der Waals surface area contributed by atoms with Crippen LogP contribution in [-0.2, 0) is 11.4 Å². The minimum Gasteiger partial charge on any atom is -0.597 e. The number of rotatable bonds is 3. The summed E-state index contributed by atoms with van der Waals surface area (Å²) in [6.45, 7) is 4.94. The summed E-state index contributed by atoms with van der Waals surface area (Å²) in [7, 11) is 1.24. The summed E-state index contributed by atoms with van der Waals surface area (Å²) in [5.74, 6) is 0. The number of benzene rings is 1. The second-order valence-electron chi connectivity index (χ2n) is 5.40. The van der Waals surface area contributed by atoms with Gasteiger partial charge in [0.1, 0.15) is 4.75 Å². The fourth-order valence-corrected chi connectivity index (χ4v) is 3.34. The van der Waals surface area contributed by atoms with Crippen molar-refractivity contribution in [3.8, 4) is 0 Å². The maximum Gasteiger partial charge on any atom is 0.412 e. The molecule has 114 valence electrons. The van der Waals surface area contributed by atoms with E-state index in [2.05, 4.69) is 15.9 Å². The van der Waals surface area contributed by atoms with E-state index in [4.69, 9.17) is 0 Å². The van der Waals surface area contributed by atoms with Crippen LogP contribution in [0.1, 0.15) is 32.4 Å². The molecule has 1 aromatic carbocycles. The molecular weight excluding hydrogens is 355 g/mol. The van der Waals surface area contributed by atoms with Crippen molar-refractivity contribution in [2.45, 2.75) is 37.7 Å². The zero-order valence-electron chi connectivity index (χ0n) is 11.7. The third kappa shape index (κ3) is 4.38. The van der Waals surface area contributed by atoms with Crippen LogP contribution in [0.2, 0.25) is 0 Å². The Morgan fingerprint density at radius 1 is 1.15 bits per heavy atom. The third-order valence-corrected chi connectivity index (χ3v) is 4.96. The summed E-state index contributed by atoms with van der Waals surface area (Å²) in [4.78, 5) is 0. The van der Waals surface area contributed by atoms with Crippen molar-refractivity contribution in [2.75, 3.05) is 7.05 Å². The summed E-state index contributed by atoms with van der Waals surface area (Å²) in [5, 5.41) is 0. The minimum atomic E-state index is -4.50. The SMILES string of the molecule is CN([C@H](c1ccc(Br)cc1)C(F)(F)F)[S@@+]([O-])C(C)(C)C. The van der Waals surface area contributed by atoms with Crippen LogP contribution >= 0.6 is 15.9 Å². The molecule has 0 saturated heterocycles. The summed E-state index contributed by atoms with van der Waals surface area (Å²) >= 11 is 1.43. The maximum absolute atomic E-state index is 13.3. The molecule has 7 heteroatoms. The second kappa shape index (κ2) is 6.25. The van der Waals surface area contributed by atoms with Crippen LogP contribution in [0.15, 0.2) is 28.7 Å². The fourth-order valence-electron chi connectivity index (χ4n) is 1.78. The molecule has 0 heterocycles. The van der Waals surface area contributed by atoms with E-state index in [1.165, 1.54) is 19.2 Å². The van der Waals surface area contributed by atoms with Gasteiger partial charge in [0.05, 0.1) is 0 Å². The lowest BCUT2D eigenvalue weighted by atomic mass is 10.1. The Labute approximate surface area is 128 Å². The summed E-state index contributed by atoms with van der Waals surface area (Å²) in [6, 6.07) is 3.97. The van der Waals surface area contributed by atoms with Crippen LogP contribution < -0.4 is 0 Å². The van der Waals surface area contributed by atoms with Gasteiger partial charge in [-0.25, -0.2) is 0 Å². The molecular formula is C13H17BrF3NOS. The second-order valence-corrected chi connectivity index (χ2v) is 8.62. The average Bonchev–Trinajstić information content (AvgIpc) is 2.28. The van der Waals surface area contributed by atoms with E-state index < -0.39 is 28.3 Å². The highest BCUT2D eigenvalue weighted by molar-refractivity contribution is 9.10. The smallest absolute Gasteiger partial charge is 0.412 e. The number of hydrogen-bond acceptors (Lipinski definition) is 2. The zero-order valence-corrected chi connectivity index (χ0v) is 14.1. The third-order valence-electron chi connectivity index (χ3n) is 2.64. The summed E-state index contributed by atoms with van der Waals surface area (Å²) < 4.78 is 53.0. The van der Waals surface area contributed by atoms with Crippen LogP contribution in [-0.4, -0.2) is 26.8 Å². The molecule has 1 rings (SSSR count). The average molecular weight is 372 g/mol. The van der Waals surface area contributed by atoms with Crippen molar-refractivity contribution in [3.63, 3.8) is 0 Å². The predicted octanol–water partition coefficient (Wildman–Crippen LogP) is 4.45. The Morgan fingerprint density at radius 3 is 1.95 bits per heavy atom. The molecule has 0 aliphatic carbocycles. The quantitative estimate of drug-likeness (QED) is 0.733. The molecule has 0 unspecified atom stereocenters. The molecule has 0 bridgehead atoms. The standard InChI is InChI=1S/C13H17BrF3NOS/c1-12(2,3)20(19)18(4)11(13(15,16)17)9-5-7-10(14)8-6-9/h5-8,11H,1-4H3/t11-,20+/m1/s1. The van der Waals surface area contributed by atoms with E-state index in [-0.39, 0.29) is 5.56 Å². The van der Waals surface area contributed by atoms with Crippen molar-refractivity contribution in [3.05, 3.63) is 34.3 Å². The minimum absolute atomic E-state index is 0.0702. The lowest BCUT2D eigenvalue weighted by Crippen LogP contribution is -2.46. The topological polar surface area (TPSA) is 26.3 Å². The first-order chi connectivity index (χ1) is 8.94. The molecule has 0 N–H and O–H groups in total. The van der Waals surface area contributed by atoms with Gasteiger partial charge in [0.15, 0.2) is 6.04 Å². The Morgan fingerprint density at radius 2 is 1.60 bits per heavy atom. The van der Waals surface area contributed by atoms with Gasteiger partial charge in [0.25, 0.3) is 0 Å². The van der Waals surface area contributed by atoms with Crippen LogP contribution in [0.3, 0.4) is 0 Å². The van der Waals surface area contributed by atoms with E-state index in [1.807, 2.05) is 0 Å². The zero-order chi connectivity index (χ0) is 15.7. The maximum atomic E-state index is 13.3. The molecule has 0 aromatic heterocycles. The van der Waals surface area contributed by atoms with Crippen LogP contribution in [0.5, 0.6) is 0 Å². The normalized spacial score (nSPS) is 16.3. The van der Waals surface area contributed by atoms with Crippen molar-refractivity contribution >= 4 is 27.3 Å². The Bertz CT molecular complexity index is 444. The molecule has 2 nitrogen and oxygen atoms in total. The first-order valence-electron chi connectivity index (χ1n) is 5.91. The fraction of sp³-hybridized carbons (Fsp3) is 0.538. The molecule has 0 spiro atoms. The van der Waals surface area contributed by atoms with Gasteiger partial charge < -0.3 is 4.55 Å². The van der Waals surface area contributed by atoms with E-state index >= 15 is 0 Å². The molecule has 0 saturated carbocycles. The Hall–Kier alpha value is -0.240. The summed E-state index contributed by atoms with van der Waals surface area (Å²) in [5.41, 5.74) is 0.0702. The first kappa shape index (κ1) is 17.8. The van der Waals surface area contributed by atoms with Crippen molar-refractivity contribution in [1.82, 2.24) is 4.31 Å². The van der Waals surface area contributed by atoms with Gasteiger partial charge in [-0.05, 0) is 38.5 Å². The van der Waals surface area contributed by atoms with Crippen LogP contribution in [0.25, 0.3) is 0 Å². The molecule has 0 aliphatic rings. The van der Waals surface area contributed by atoms with E-state index in [0.717, 1.165) is 4.31 Å². The Balaban J connectivity index is 3.17. The lowest BCUT2D eigenvalue weighted by Gasteiger charge is -2.35. The van der Waals surface area contributed by atoms with Crippen molar-refractivity contribution in [2.24, 2.45) is 0 Å². The van der Waals surface area contributed by atoms with Gasteiger partial charge in [0.2, 0.25) is 0 Å². The van der Waals surface area contributed by atoms with Gasteiger partial charge in [-0.1, -0.05) is 28.1 Å². The molecule has 20 heavy (non-hydrogen) atoms. The number of halogens is 4. The van der Waals surface area contributed by atoms with Gasteiger partial charge in [-0.3, -0.25) is 0 Å². The van der Waals surface area contributed by atoms with Crippen LogP contribution in [0, 0.1) is 0 Å². The predicted molar refractivity (Wildman–Crippen MR) is 78.6 cm³/mol. The largest absolute Gasteiger partial charge is 0.597 e. The number of hydrogen-bond donors (Lipinski definition) is 0. The van der Waals surface area contributed by atoms with Gasteiger partial charge in [-0.2, -0.15) is 13.2 Å². The highest BCUT2D eigenvalue weighted by Crippen LogP contribution is 2.40. The van der Waals surface area contributed by atoms with Crippen molar-refractivity contribution in [1.29, 1.82) is 0 Å². The van der Waals surface area contributed by atoms with Gasteiger partial charge >= 0.3 is 6.18 Å². The molecule has 0 fully saturated rings. The van der Waals surface area contributed by atoms with Gasteiger partial charge in [0, 0.05) is 22.9 Å². The highest BCUT2D eigenvalue weighted by atomic mass is 79.9. The van der Waals surface area contributed by atoms with Crippen molar-refractivity contribution < 1.29 is 17.7 Å². The monoisotopic (exact) mass is 371 g/mol. The van der Waals surface area contributed by atoms with Gasteiger partial charge in [-0.15, -0.1) is 4.31 Å². The van der Waals surface area contributed by atoms with Crippen LogP contribution in [0.4, 0.5) is 13.2 Å². The lowest BCUT2D eigenvalue weighted by molar-refractivity contribution is -0.171. The first-order valence-corrected chi connectivity index (χ1v) is 7.81. The Kier molecular flexibility index (Phi) is 5.57. The molecule has 1 aromatic rings. The molecule has 0 radical (unpaired) electrons. The molecule has 0 amide bonds. The summed E-state index contributed by atoms with van der Waals surface area (Å²) in [6.07, 6.45) is -4.50. The highest BCUT2D eigenvalue weighted by Gasteiger charge is 2.49. The van der Waals surface area contributed by atoms with E-state index in [0.29, 0.717) is 4.47 Å².